The first-order valence-corrected chi connectivity index (χ1v) is 10.2. The zero-order valence-electron chi connectivity index (χ0n) is 15.9. The average molecular weight is 452 g/mol. The van der Waals surface area contributed by atoms with Gasteiger partial charge in [0.15, 0.2) is 5.82 Å². The second-order valence-electron chi connectivity index (χ2n) is 8.33. The van der Waals surface area contributed by atoms with Crippen LogP contribution in [0.1, 0.15) is 48.1 Å². The van der Waals surface area contributed by atoms with Crippen LogP contribution in [0, 0.1) is 18.2 Å². The standard InChI is InChI=1S/C20H23BrFN3O3/c1-10-13-16(25(11-3-4-11)7-12(18(13)26)19(27)28)14(21)17(15(10)22)24-6-5-20(2,8-23)9-24/h7,11H,3-6,8-9,23H2,1-2H3,(H,27,28). The minimum Gasteiger partial charge on any atom is -0.477 e. The molecule has 28 heavy (non-hydrogen) atoms. The van der Waals surface area contributed by atoms with Crippen LogP contribution in [0.4, 0.5) is 10.1 Å². The molecule has 4 rings (SSSR count). The molecule has 2 heterocycles. The minimum absolute atomic E-state index is 0.0853. The fourth-order valence-electron chi connectivity index (χ4n) is 4.15. The molecule has 1 aromatic carbocycles. The van der Waals surface area contributed by atoms with Gasteiger partial charge in [0.25, 0.3) is 0 Å². The molecule has 0 spiro atoms. The zero-order valence-corrected chi connectivity index (χ0v) is 17.5. The maximum atomic E-state index is 15.5. The lowest BCUT2D eigenvalue weighted by Gasteiger charge is -2.27. The predicted molar refractivity (Wildman–Crippen MR) is 110 cm³/mol. The number of aromatic nitrogens is 1. The lowest BCUT2D eigenvalue weighted by molar-refractivity contribution is 0.0695. The van der Waals surface area contributed by atoms with Gasteiger partial charge in [0.2, 0.25) is 5.43 Å². The largest absolute Gasteiger partial charge is 0.477 e. The molecule has 2 fully saturated rings. The Labute approximate surface area is 170 Å². The number of aryl methyl sites for hydroxylation is 1. The Morgan fingerprint density at radius 2 is 2.14 bits per heavy atom. The van der Waals surface area contributed by atoms with Crippen molar-refractivity contribution in [1.29, 1.82) is 0 Å². The van der Waals surface area contributed by atoms with Crippen molar-refractivity contribution in [3.8, 4) is 0 Å². The molecule has 3 N–H and O–H groups in total. The van der Waals surface area contributed by atoms with Crippen LogP contribution >= 0.6 is 15.9 Å². The van der Waals surface area contributed by atoms with Gasteiger partial charge in [0, 0.05) is 30.9 Å². The van der Waals surface area contributed by atoms with Crippen molar-refractivity contribution in [2.24, 2.45) is 11.1 Å². The quantitative estimate of drug-likeness (QED) is 0.743. The Bertz CT molecular complexity index is 1060. The van der Waals surface area contributed by atoms with Gasteiger partial charge in [-0.3, -0.25) is 4.79 Å². The Balaban J connectivity index is 2.03. The smallest absolute Gasteiger partial charge is 0.341 e. The number of benzene rings is 1. The number of carbonyl (C=O) groups is 1. The van der Waals surface area contributed by atoms with Crippen molar-refractivity contribution in [3.05, 3.63) is 37.8 Å². The van der Waals surface area contributed by atoms with Crippen LogP contribution in [0.2, 0.25) is 0 Å². The van der Waals surface area contributed by atoms with Crippen LogP contribution < -0.4 is 16.1 Å². The van der Waals surface area contributed by atoms with Crippen molar-refractivity contribution >= 4 is 38.5 Å². The number of hydrogen-bond acceptors (Lipinski definition) is 4. The number of nitrogens with zero attached hydrogens (tertiary/aromatic N) is 2. The van der Waals surface area contributed by atoms with E-state index in [0.29, 0.717) is 35.3 Å². The summed E-state index contributed by atoms with van der Waals surface area (Å²) in [5, 5.41) is 9.59. The molecule has 1 unspecified atom stereocenters. The van der Waals surface area contributed by atoms with E-state index in [-0.39, 0.29) is 28.0 Å². The van der Waals surface area contributed by atoms with Crippen molar-refractivity contribution in [2.75, 3.05) is 24.5 Å². The molecule has 0 radical (unpaired) electrons. The lowest BCUT2D eigenvalue weighted by Crippen LogP contribution is -2.32. The van der Waals surface area contributed by atoms with E-state index in [1.54, 1.807) is 6.92 Å². The van der Waals surface area contributed by atoms with Crippen LogP contribution in [-0.2, 0) is 0 Å². The number of nitrogens with two attached hydrogens (primary N) is 1. The number of anilines is 1. The number of pyridine rings is 1. The molecule has 1 saturated heterocycles. The summed E-state index contributed by atoms with van der Waals surface area (Å²) in [6.07, 6.45) is 4.08. The van der Waals surface area contributed by atoms with Crippen LogP contribution in [-0.4, -0.2) is 35.3 Å². The number of aromatic carboxylic acids is 1. The summed E-state index contributed by atoms with van der Waals surface area (Å²) in [5.74, 6) is -1.78. The van der Waals surface area contributed by atoms with E-state index in [0.717, 1.165) is 19.3 Å². The van der Waals surface area contributed by atoms with Gasteiger partial charge < -0.3 is 20.3 Å². The van der Waals surface area contributed by atoms with E-state index >= 15 is 4.39 Å². The normalized spacial score (nSPS) is 22.2. The first-order valence-electron chi connectivity index (χ1n) is 9.43. The highest BCUT2D eigenvalue weighted by molar-refractivity contribution is 9.10. The first-order chi connectivity index (χ1) is 13.2. The summed E-state index contributed by atoms with van der Waals surface area (Å²) in [4.78, 5) is 26.4. The summed E-state index contributed by atoms with van der Waals surface area (Å²) in [6.45, 7) is 5.46. The van der Waals surface area contributed by atoms with E-state index in [4.69, 9.17) is 5.73 Å². The third-order valence-electron chi connectivity index (χ3n) is 6.10. The molecule has 1 aliphatic heterocycles. The molecule has 2 aromatic rings. The number of halogens is 2. The van der Waals surface area contributed by atoms with Crippen molar-refractivity contribution in [2.45, 2.75) is 39.2 Å². The molecule has 1 aliphatic carbocycles. The van der Waals surface area contributed by atoms with Crippen LogP contribution in [0.15, 0.2) is 15.5 Å². The number of fused-ring (bicyclic) bond motifs is 1. The molecule has 0 bridgehead atoms. The van der Waals surface area contributed by atoms with Gasteiger partial charge >= 0.3 is 5.97 Å². The van der Waals surface area contributed by atoms with Gasteiger partial charge in [-0.2, -0.15) is 0 Å². The van der Waals surface area contributed by atoms with Crippen LogP contribution in [0.3, 0.4) is 0 Å². The van der Waals surface area contributed by atoms with Gasteiger partial charge in [0.05, 0.1) is 21.1 Å². The first kappa shape index (κ1) is 19.4. The second kappa shape index (κ2) is 6.56. The second-order valence-corrected chi connectivity index (χ2v) is 9.12. The Morgan fingerprint density at radius 3 is 2.68 bits per heavy atom. The summed E-state index contributed by atoms with van der Waals surface area (Å²) >= 11 is 3.56. The topological polar surface area (TPSA) is 88.6 Å². The van der Waals surface area contributed by atoms with Crippen molar-refractivity contribution in [3.63, 3.8) is 0 Å². The highest BCUT2D eigenvalue weighted by Gasteiger charge is 2.37. The third-order valence-corrected chi connectivity index (χ3v) is 6.85. The summed E-state index contributed by atoms with van der Waals surface area (Å²) in [6, 6.07) is 0.128. The average Bonchev–Trinajstić information content (AvgIpc) is 3.42. The lowest BCUT2D eigenvalue weighted by atomic mass is 9.90. The predicted octanol–water partition coefficient (Wildman–Crippen LogP) is 3.42. The maximum absolute atomic E-state index is 15.5. The zero-order chi connectivity index (χ0) is 20.4. The van der Waals surface area contributed by atoms with Gasteiger partial charge in [-0.25, -0.2) is 9.18 Å². The molecular weight excluding hydrogens is 429 g/mol. The fourth-order valence-corrected chi connectivity index (χ4v) is 4.98. The molecule has 0 amide bonds. The van der Waals surface area contributed by atoms with E-state index in [1.807, 2.05) is 9.47 Å². The number of hydrogen-bond donors (Lipinski definition) is 2. The molecule has 1 saturated carbocycles. The molecule has 2 aliphatic rings. The molecule has 1 aromatic heterocycles. The van der Waals surface area contributed by atoms with E-state index in [9.17, 15) is 14.7 Å². The molecule has 1 atom stereocenters. The van der Waals surface area contributed by atoms with Gasteiger partial charge in [-0.15, -0.1) is 0 Å². The SMILES string of the molecule is Cc1c(F)c(N2CCC(C)(CN)C2)c(Br)c2c1c(=O)c(C(=O)O)cn2C1CC1. The highest BCUT2D eigenvalue weighted by atomic mass is 79.9. The molecule has 6 nitrogen and oxygen atoms in total. The van der Waals surface area contributed by atoms with Gasteiger partial charge in [-0.05, 0) is 54.1 Å². The van der Waals surface area contributed by atoms with Gasteiger partial charge in [0.1, 0.15) is 5.56 Å². The Morgan fingerprint density at radius 1 is 1.46 bits per heavy atom. The number of rotatable bonds is 4. The number of carboxylic acid groups (broad SMARTS) is 1. The summed E-state index contributed by atoms with van der Waals surface area (Å²) in [7, 11) is 0. The monoisotopic (exact) mass is 451 g/mol. The van der Waals surface area contributed by atoms with Crippen molar-refractivity contribution < 1.29 is 14.3 Å². The fraction of sp³-hybridized carbons (Fsp3) is 0.500. The van der Waals surface area contributed by atoms with Crippen LogP contribution in [0.25, 0.3) is 10.9 Å². The summed E-state index contributed by atoms with van der Waals surface area (Å²) in [5.41, 5.74) is 6.06. The minimum atomic E-state index is -1.29. The Kier molecular flexibility index (Phi) is 4.54. The maximum Gasteiger partial charge on any atom is 0.341 e. The van der Waals surface area contributed by atoms with E-state index in [2.05, 4.69) is 22.9 Å². The molecule has 150 valence electrons. The third kappa shape index (κ3) is 2.85. The van der Waals surface area contributed by atoms with Crippen LogP contribution in [0.5, 0.6) is 0 Å². The Hall–Kier alpha value is -1.93. The van der Waals surface area contributed by atoms with E-state index < -0.39 is 17.2 Å². The molecule has 8 heteroatoms. The van der Waals surface area contributed by atoms with Crippen molar-refractivity contribution in [1.82, 2.24) is 4.57 Å². The van der Waals surface area contributed by atoms with E-state index in [1.165, 1.54) is 6.20 Å². The summed E-state index contributed by atoms with van der Waals surface area (Å²) < 4.78 is 17.8. The van der Waals surface area contributed by atoms with Gasteiger partial charge in [-0.1, -0.05) is 6.92 Å². The molecular formula is C20H23BrFN3O3. The highest BCUT2D eigenvalue weighted by Crippen LogP contribution is 2.45. The number of carboxylic acids is 1.